The Kier molecular flexibility index (Phi) is 14.7. The number of anilines is 1. The first kappa shape index (κ1) is 28.2. The number of aliphatic imine (C=N–C) groups is 2. The van der Waals surface area contributed by atoms with E-state index in [1.807, 2.05) is 0 Å². The van der Waals surface area contributed by atoms with Gasteiger partial charge >= 0.3 is 12.1 Å². The molecule has 0 aromatic carbocycles. The SMILES string of the molecule is Cc1nc(NC(=O)NCCCCN=C=O)[nH]c(=O)c1CCOC(=O)NCCCCCCN=C=O. The number of hydrogen-bond donors (Lipinski definition) is 4. The molecule has 1 aromatic rings. The number of alkyl carbamates (subject to hydrolysis) is 1. The van der Waals surface area contributed by atoms with Crippen molar-refractivity contribution < 1.29 is 23.9 Å². The third-order valence-electron chi connectivity index (χ3n) is 4.62. The molecule has 1 aromatic heterocycles. The number of aryl methyl sites for hydroxylation is 1. The van der Waals surface area contributed by atoms with E-state index < -0.39 is 17.7 Å². The van der Waals surface area contributed by atoms with Crippen molar-refractivity contribution in [2.24, 2.45) is 9.98 Å². The molecule has 1 heterocycles. The van der Waals surface area contributed by atoms with Crippen LogP contribution in [0.2, 0.25) is 0 Å². The summed E-state index contributed by atoms with van der Waals surface area (Å²) in [6.45, 7) is 3.29. The van der Waals surface area contributed by atoms with E-state index in [4.69, 9.17) is 4.74 Å². The lowest BCUT2D eigenvalue weighted by atomic mass is 10.2. The zero-order valence-corrected chi connectivity index (χ0v) is 19.3. The summed E-state index contributed by atoms with van der Waals surface area (Å²) in [5, 5.41) is 7.70. The highest BCUT2D eigenvalue weighted by Crippen LogP contribution is 2.04. The number of unbranched alkanes of at least 4 members (excludes halogenated alkanes) is 4. The van der Waals surface area contributed by atoms with Gasteiger partial charge in [-0.3, -0.25) is 15.1 Å². The van der Waals surface area contributed by atoms with E-state index in [2.05, 4.69) is 35.9 Å². The second-order valence-electron chi connectivity index (χ2n) is 7.24. The highest BCUT2D eigenvalue weighted by molar-refractivity contribution is 5.87. The van der Waals surface area contributed by atoms with Gasteiger partial charge in [-0.2, -0.15) is 0 Å². The zero-order valence-electron chi connectivity index (χ0n) is 19.3. The Morgan fingerprint density at radius 2 is 1.59 bits per heavy atom. The molecule has 34 heavy (non-hydrogen) atoms. The van der Waals surface area contributed by atoms with Crippen molar-refractivity contribution in [3.63, 3.8) is 0 Å². The predicted octanol–water partition coefficient (Wildman–Crippen LogP) is 1.48. The van der Waals surface area contributed by atoms with Gasteiger partial charge in [0.15, 0.2) is 0 Å². The second kappa shape index (κ2) is 17.7. The van der Waals surface area contributed by atoms with Gasteiger partial charge in [0.2, 0.25) is 18.1 Å². The lowest BCUT2D eigenvalue weighted by Gasteiger charge is -2.10. The minimum Gasteiger partial charge on any atom is -0.449 e. The van der Waals surface area contributed by atoms with Crippen LogP contribution in [0.1, 0.15) is 49.8 Å². The first-order valence-electron chi connectivity index (χ1n) is 11.1. The molecule has 0 aliphatic heterocycles. The highest BCUT2D eigenvalue weighted by Gasteiger charge is 2.11. The van der Waals surface area contributed by atoms with Crippen LogP contribution in [-0.4, -0.2) is 67.0 Å². The molecule has 4 N–H and O–H groups in total. The minimum atomic E-state index is -0.569. The molecule has 0 atom stereocenters. The number of carbonyl (C=O) groups excluding carboxylic acids is 4. The van der Waals surface area contributed by atoms with Gasteiger partial charge in [-0.15, -0.1) is 0 Å². The molecule has 0 saturated heterocycles. The topological polar surface area (TPSA) is 184 Å². The molecule has 3 amide bonds. The van der Waals surface area contributed by atoms with Crippen molar-refractivity contribution in [2.75, 3.05) is 38.1 Å². The number of ether oxygens (including phenoxy) is 1. The van der Waals surface area contributed by atoms with Gasteiger partial charge in [0.1, 0.15) is 0 Å². The smallest absolute Gasteiger partial charge is 0.407 e. The van der Waals surface area contributed by atoms with E-state index in [1.165, 1.54) is 12.2 Å². The molecule has 186 valence electrons. The predicted molar refractivity (Wildman–Crippen MR) is 123 cm³/mol. The summed E-state index contributed by atoms with van der Waals surface area (Å²) >= 11 is 0. The summed E-state index contributed by atoms with van der Waals surface area (Å²) in [6.07, 6.45) is 7.19. The van der Waals surface area contributed by atoms with Gasteiger partial charge in [-0.1, -0.05) is 12.8 Å². The van der Waals surface area contributed by atoms with Crippen LogP contribution in [0.5, 0.6) is 0 Å². The van der Waals surface area contributed by atoms with Crippen LogP contribution in [0.4, 0.5) is 15.5 Å². The average Bonchev–Trinajstić information content (AvgIpc) is 2.79. The lowest BCUT2D eigenvalue weighted by molar-refractivity contribution is 0.147. The van der Waals surface area contributed by atoms with Gasteiger partial charge in [-0.25, -0.2) is 34.1 Å². The Labute approximate surface area is 196 Å². The van der Waals surface area contributed by atoms with E-state index in [1.54, 1.807) is 6.92 Å². The molecular formula is C21H31N7O6. The molecule has 0 spiro atoms. The Hall–Kier alpha value is -3.82. The normalized spacial score (nSPS) is 9.91. The Morgan fingerprint density at radius 3 is 2.26 bits per heavy atom. The van der Waals surface area contributed by atoms with Crippen molar-refractivity contribution in [1.82, 2.24) is 20.6 Å². The van der Waals surface area contributed by atoms with E-state index in [9.17, 15) is 24.0 Å². The van der Waals surface area contributed by atoms with Crippen molar-refractivity contribution in [3.8, 4) is 0 Å². The van der Waals surface area contributed by atoms with Gasteiger partial charge in [-0.05, 0) is 32.6 Å². The Morgan fingerprint density at radius 1 is 0.971 bits per heavy atom. The Bertz CT molecular complexity index is 936. The fourth-order valence-corrected chi connectivity index (χ4v) is 2.88. The molecule has 0 aliphatic carbocycles. The number of isocyanates is 2. The number of nitrogens with zero attached hydrogens (tertiary/aromatic N) is 3. The first-order valence-corrected chi connectivity index (χ1v) is 11.1. The molecular weight excluding hydrogens is 446 g/mol. The third kappa shape index (κ3) is 12.9. The summed E-state index contributed by atoms with van der Waals surface area (Å²) in [4.78, 5) is 69.4. The molecule has 0 aliphatic rings. The number of nitrogens with one attached hydrogen (secondary N) is 4. The standard InChI is InChI=1S/C21H31N7O6/c1-16-17(8-13-34-21(33)25-12-5-3-2-4-9-22-14-29)18(31)27-19(26-16)28-20(32)24-11-7-6-10-23-15-30/h2-13H2,1H3,(H,25,33)(H3,24,26,27,28,31,32). The Balaban J connectivity index is 2.30. The maximum absolute atomic E-state index is 12.3. The summed E-state index contributed by atoms with van der Waals surface area (Å²) < 4.78 is 5.09. The molecule has 0 fully saturated rings. The maximum atomic E-state index is 12.3. The van der Waals surface area contributed by atoms with Crippen LogP contribution < -0.4 is 21.5 Å². The first-order chi connectivity index (χ1) is 16.5. The molecule has 0 radical (unpaired) electrons. The molecule has 0 bridgehead atoms. The summed E-state index contributed by atoms with van der Waals surface area (Å²) in [6, 6.07) is -0.524. The fourth-order valence-electron chi connectivity index (χ4n) is 2.88. The number of carbonyl (C=O) groups is 2. The molecule has 13 heteroatoms. The van der Waals surface area contributed by atoms with Crippen molar-refractivity contribution >= 4 is 30.2 Å². The van der Waals surface area contributed by atoms with Crippen LogP contribution in [-0.2, 0) is 20.7 Å². The highest BCUT2D eigenvalue weighted by atomic mass is 16.5. The van der Waals surface area contributed by atoms with E-state index >= 15 is 0 Å². The largest absolute Gasteiger partial charge is 0.449 e. The van der Waals surface area contributed by atoms with E-state index in [-0.39, 0.29) is 19.0 Å². The maximum Gasteiger partial charge on any atom is 0.407 e. The van der Waals surface area contributed by atoms with Gasteiger partial charge < -0.3 is 15.4 Å². The second-order valence-corrected chi connectivity index (χ2v) is 7.24. The minimum absolute atomic E-state index is 0.00252. The van der Waals surface area contributed by atoms with Gasteiger partial charge in [0.05, 0.1) is 25.4 Å². The number of aromatic nitrogens is 2. The average molecular weight is 478 g/mol. The molecule has 13 nitrogen and oxygen atoms in total. The monoisotopic (exact) mass is 477 g/mol. The van der Waals surface area contributed by atoms with Crippen LogP contribution >= 0.6 is 0 Å². The summed E-state index contributed by atoms with van der Waals surface area (Å²) in [7, 11) is 0. The molecule has 0 unspecified atom stereocenters. The van der Waals surface area contributed by atoms with Gasteiger partial charge in [0.25, 0.3) is 5.56 Å². The lowest BCUT2D eigenvalue weighted by Crippen LogP contribution is -2.32. The number of hydrogen-bond acceptors (Lipinski definition) is 9. The van der Waals surface area contributed by atoms with Crippen LogP contribution in [0.15, 0.2) is 14.8 Å². The fraction of sp³-hybridized carbons (Fsp3) is 0.619. The summed E-state index contributed by atoms with van der Waals surface area (Å²) in [5.41, 5.74) is 0.332. The number of amides is 3. The zero-order chi connectivity index (χ0) is 25.0. The number of H-pyrrole nitrogens is 1. The van der Waals surface area contributed by atoms with E-state index in [0.29, 0.717) is 50.3 Å². The number of aromatic amines is 1. The van der Waals surface area contributed by atoms with Crippen molar-refractivity contribution in [2.45, 2.75) is 51.9 Å². The van der Waals surface area contributed by atoms with Crippen LogP contribution in [0.25, 0.3) is 0 Å². The number of rotatable bonds is 16. The van der Waals surface area contributed by atoms with Gasteiger partial charge in [0, 0.05) is 25.1 Å². The van der Waals surface area contributed by atoms with Crippen LogP contribution in [0.3, 0.4) is 0 Å². The van der Waals surface area contributed by atoms with Crippen molar-refractivity contribution in [3.05, 3.63) is 21.6 Å². The van der Waals surface area contributed by atoms with Crippen molar-refractivity contribution in [1.29, 1.82) is 0 Å². The quantitative estimate of drug-likeness (QED) is 0.158. The third-order valence-corrected chi connectivity index (χ3v) is 4.62. The molecule has 0 saturated carbocycles. The van der Waals surface area contributed by atoms with E-state index in [0.717, 1.165) is 25.7 Å². The summed E-state index contributed by atoms with van der Waals surface area (Å²) in [5.74, 6) is 0.00549. The number of urea groups is 1. The molecule has 1 rings (SSSR count). The van der Waals surface area contributed by atoms with Crippen LogP contribution in [0, 0.1) is 6.92 Å².